The number of isocyanates is 1. The van der Waals surface area contributed by atoms with E-state index in [1.54, 1.807) is 6.04 Å². The standard InChI is InChI=1S/C6H4.C3HNO/c1-2-6-4-3-5(1)6;1-2-4-3-5/h1-4H;1H. The molecule has 2 nitrogen and oxygen atoms in total. The normalized spacial score (nSPS) is 7.91. The Balaban J connectivity index is 0.000000114. The van der Waals surface area contributed by atoms with E-state index in [1.807, 2.05) is 0 Å². The van der Waals surface area contributed by atoms with Crippen LogP contribution in [0.3, 0.4) is 0 Å². The first-order valence-electron chi connectivity index (χ1n) is 3.01. The molecule has 0 heterocycles. The molecule has 0 aromatic carbocycles. The molecule has 0 aromatic rings. The van der Waals surface area contributed by atoms with Gasteiger partial charge in [-0.15, -0.1) is 4.99 Å². The Morgan fingerprint density at radius 2 is 1.64 bits per heavy atom. The molecule has 0 aromatic heterocycles. The maximum absolute atomic E-state index is 8.97. The maximum atomic E-state index is 8.97. The molecule has 0 unspecified atom stereocenters. The van der Waals surface area contributed by atoms with E-state index in [1.165, 1.54) is 11.1 Å². The molecule has 0 aliphatic heterocycles. The number of terminal acetylenes is 1. The van der Waals surface area contributed by atoms with Gasteiger partial charge in [0.25, 0.3) is 0 Å². The largest absolute Gasteiger partial charge is 0.249 e. The number of rotatable bonds is 0. The molecule has 0 saturated heterocycles. The van der Waals surface area contributed by atoms with Crippen LogP contribution in [0.5, 0.6) is 0 Å². The number of fused-ring (bicyclic) bond motifs is 1. The highest BCUT2D eigenvalue weighted by atomic mass is 16.1. The third kappa shape index (κ3) is 1.54. The molecule has 52 valence electrons. The summed E-state index contributed by atoms with van der Waals surface area (Å²) in [6.07, 6.45) is 5.62. The van der Waals surface area contributed by atoms with Crippen LogP contribution in [0, 0.1) is 12.5 Å². The second-order valence-corrected chi connectivity index (χ2v) is 1.91. The third-order valence-electron chi connectivity index (χ3n) is 1.33. The van der Waals surface area contributed by atoms with Crippen LogP contribution in [-0.2, 0) is 4.79 Å². The van der Waals surface area contributed by atoms with Gasteiger partial charge in [0.05, 0.1) is 0 Å². The highest BCUT2D eigenvalue weighted by Gasteiger charge is 2.03. The summed E-state index contributed by atoms with van der Waals surface area (Å²) in [4.78, 5) is 11.7. The molecule has 0 fully saturated rings. The van der Waals surface area contributed by atoms with Crippen LogP contribution in [0.4, 0.5) is 0 Å². The van der Waals surface area contributed by atoms with Gasteiger partial charge in [-0.25, -0.2) is 4.79 Å². The summed E-state index contributed by atoms with van der Waals surface area (Å²) in [7, 11) is 0. The molecule has 0 amide bonds. The van der Waals surface area contributed by atoms with Gasteiger partial charge in [0.2, 0.25) is 6.08 Å². The van der Waals surface area contributed by atoms with Crippen molar-refractivity contribution in [3.05, 3.63) is 24.3 Å². The quantitative estimate of drug-likeness (QED) is 0.313. The fourth-order valence-corrected chi connectivity index (χ4v) is 0.689. The zero-order valence-electron chi connectivity index (χ0n) is 5.74. The number of benzene rings is 1. The Bertz CT molecular complexity index is 305. The summed E-state index contributed by atoms with van der Waals surface area (Å²) < 4.78 is 0. The van der Waals surface area contributed by atoms with Gasteiger partial charge in [-0.3, -0.25) is 0 Å². The summed E-state index contributed by atoms with van der Waals surface area (Å²) in [5.41, 5.74) is 2.85. The second kappa shape index (κ2) is 3.36. The van der Waals surface area contributed by atoms with Crippen LogP contribution in [0.25, 0.3) is 11.1 Å². The molecule has 2 aliphatic rings. The molecule has 0 bridgehead atoms. The lowest BCUT2D eigenvalue weighted by Gasteiger charge is -2.10. The number of hydrogen-bond donors (Lipinski definition) is 0. The summed E-state index contributed by atoms with van der Waals surface area (Å²) in [5.74, 6) is 0. The molecule has 0 N–H and O–H groups in total. The topological polar surface area (TPSA) is 29.4 Å². The molecule has 0 radical (unpaired) electrons. The van der Waals surface area contributed by atoms with Crippen LogP contribution in [0.1, 0.15) is 0 Å². The Kier molecular flexibility index (Phi) is 2.22. The first kappa shape index (κ1) is 7.27. The highest BCUT2D eigenvalue weighted by Crippen LogP contribution is 2.29. The average Bonchev–Trinajstić information content (AvgIpc) is 2.00. The van der Waals surface area contributed by atoms with Crippen molar-refractivity contribution in [2.75, 3.05) is 0 Å². The maximum Gasteiger partial charge on any atom is 0.249 e. The Hall–Kier alpha value is -1.84. The second-order valence-electron chi connectivity index (χ2n) is 1.91. The summed E-state index contributed by atoms with van der Waals surface area (Å²) in [6.45, 7) is 0. The van der Waals surface area contributed by atoms with Crippen LogP contribution >= 0.6 is 0 Å². The first-order valence-corrected chi connectivity index (χ1v) is 3.01. The minimum atomic E-state index is 1.16. The molecule has 0 spiro atoms. The fraction of sp³-hybridized carbons (Fsp3) is 0. The number of hydrogen-bond acceptors (Lipinski definition) is 2. The molecule has 0 saturated carbocycles. The summed E-state index contributed by atoms with van der Waals surface area (Å²) >= 11 is 0. The van der Waals surface area contributed by atoms with E-state index in [-0.39, 0.29) is 0 Å². The van der Waals surface area contributed by atoms with Crippen molar-refractivity contribution in [2.24, 2.45) is 4.99 Å². The van der Waals surface area contributed by atoms with Gasteiger partial charge < -0.3 is 0 Å². The van der Waals surface area contributed by atoms with Crippen molar-refractivity contribution in [3.63, 3.8) is 0 Å². The van der Waals surface area contributed by atoms with Crippen LogP contribution in [0.15, 0.2) is 29.3 Å². The average molecular weight is 143 g/mol. The third-order valence-corrected chi connectivity index (χ3v) is 1.33. The van der Waals surface area contributed by atoms with Crippen LogP contribution in [-0.4, -0.2) is 6.08 Å². The van der Waals surface area contributed by atoms with Crippen molar-refractivity contribution in [1.29, 1.82) is 0 Å². The first-order chi connectivity index (χ1) is 5.38. The van der Waals surface area contributed by atoms with Gasteiger partial charge >= 0.3 is 0 Å². The Morgan fingerprint density at radius 1 is 1.18 bits per heavy atom. The van der Waals surface area contributed by atoms with Crippen molar-refractivity contribution in [1.82, 2.24) is 0 Å². The van der Waals surface area contributed by atoms with E-state index in [0.717, 1.165) is 6.08 Å². The van der Waals surface area contributed by atoms with Gasteiger partial charge in [0, 0.05) is 6.04 Å². The predicted molar refractivity (Wildman–Crippen MR) is 42.4 cm³/mol. The van der Waals surface area contributed by atoms with E-state index in [4.69, 9.17) is 4.79 Å². The van der Waals surface area contributed by atoms with Gasteiger partial charge in [-0.05, 0) is 11.1 Å². The summed E-state index contributed by atoms with van der Waals surface area (Å²) in [6, 6.07) is 10.2. The molecule has 11 heavy (non-hydrogen) atoms. The monoisotopic (exact) mass is 143 g/mol. The lowest BCUT2D eigenvalue weighted by Crippen LogP contribution is -1.85. The minimum Gasteiger partial charge on any atom is -0.210 e. The van der Waals surface area contributed by atoms with Crippen molar-refractivity contribution < 1.29 is 4.79 Å². The zero-order chi connectivity index (χ0) is 8.10. The SMILES string of the molecule is C#CN=C=O.c1cc2ccc1-2. The lowest BCUT2D eigenvalue weighted by molar-refractivity contribution is 0.565. The van der Waals surface area contributed by atoms with E-state index in [0.29, 0.717) is 0 Å². The van der Waals surface area contributed by atoms with Gasteiger partial charge in [0.1, 0.15) is 0 Å². The van der Waals surface area contributed by atoms with E-state index in [2.05, 4.69) is 35.7 Å². The highest BCUT2D eigenvalue weighted by molar-refractivity contribution is 5.75. The van der Waals surface area contributed by atoms with Gasteiger partial charge in [-0.2, -0.15) is 0 Å². The molecule has 2 aliphatic carbocycles. The van der Waals surface area contributed by atoms with E-state index < -0.39 is 0 Å². The van der Waals surface area contributed by atoms with Crippen molar-refractivity contribution >= 4 is 6.08 Å². The van der Waals surface area contributed by atoms with Crippen LogP contribution < -0.4 is 0 Å². The van der Waals surface area contributed by atoms with Crippen molar-refractivity contribution in [2.45, 2.75) is 0 Å². The molecule has 0 atom stereocenters. The molecule has 2 heteroatoms. The number of carbonyl (C=O) groups excluding carboxylic acids is 1. The fourth-order valence-electron chi connectivity index (χ4n) is 0.689. The van der Waals surface area contributed by atoms with E-state index >= 15 is 0 Å². The number of nitrogens with zero attached hydrogens (tertiary/aromatic N) is 1. The van der Waals surface area contributed by atoms with E-state index in [9.17, 15) is 0 Å². The van der Waals surface area contributed by atoms with Gasteiger partial charge in [0.15, 0.2) is 0 Å². The Labute approximate surface area is 64.6 Å². The number of aliphatic imine (C=N–C) groups is 1. The smallest absolute Gasteiger partial charge is 0.210 e. The molecule has 2 rings (SSSR count). The van der Waals surface area contributed by atoms with Crippen molar-refractivity contribution in [3.8, 4) is 23.6 Å². The Morgan fingerprint density at radius 3 is 1.64 bits per heavy atom. The lowest BCUT2D eigenvalue weighted by atomic mass is 9.95. The minimum absolute atomic E-state index is 1.16. The molecular weight excluding hydrogens is 138 g/mol. The summed E-state index contributed by atoms with van der Waals surface area (Å²) in [5, 5.41) is 0. The predicted octanol–water partition coefficient (Wildman–Crippen LogP) is 1.58. The van der Waals surface area contributed by atoms with Gasteiger partial charge in [-0.1, -0.05) is 30.7 Å². The molecular formula is C9H5NO. The zero-order valence-corrected chi connectivity index (χ0v) is 5.74. The van der Waals surface area contributed by atoms with Crippen LogP contribution in [0.2, 0.25) is 0 Å².